The fourth-order valence-electron chi connectivity index (χ4n) is 6.42. The SMILES string of the molecule is [2H]C([2H])(c1ccc(C)cc1)c1cc(-c2[c-]c3ccccc3c3c2sc2cc4ccccc4cc23)ncc1F.[CH3][Ge]([CH3])([CH3])[c]1ccc(-c2[c-]cccc2)nc1.[Ir]. The summed E-state index contributed by atoms with van der Waals surface area (Å²) in [5, 5.41) is 6.67. The van der Waals surface area contributed by atoms with Gasteiger partial charge in [-0.3, -0.25) is 4.98 Å². The number of rotatable bonds is 5. The number of hydrogen-bond donors (Lipinski definition) is 0. The van der Waals surface area contributed by atoms with Crippen LogP contribution in [0.25, 0.3) is 64.2 Å². The van der Waals surface area contributed by atoms with E-state index in [0.717, 1.165) is 59.5 Å². The Hall–Kier alpha value is -4.52. The van der Waals surface area contributed by atoms with E-state index in [0.29, 0.717) is 11.3 Å². The Kier molecular flexibility index (Phi) is 9.99. The first-order valence-corrected chi connectivity index (χ1v) is 25.5. The van der Waals surface area contributed by atoms with Crippen LogP contribution in [-0.4, -0.2) is 23.2 Å². The molecule has 0 saturated carbocycles. The molecule has 1 radical (unpaired) electrons. The molecule has 0 unspecified atom stereocenters. The van der Waals surface area contributed by atoms with E-state index in [-0.39, 0.29) is 25.7 Å². The zero-order valence-corrected chi connectivity index (χ0v) is 35.1. The minimum absolute atomic E-state index is 0. The Labute approximate surface area is 333 Å². The number of nitrogens with zero attached hydrogens (tertiary/aromatic N) is 2. The third-order valence-electron chi connectivity index (χ3n) is 9.30. The van der Waals surface area contributed by atoms with E-state index < -0.39 is 25.5 Å². The number of aromatic nitrogens is 2. The second-order valence-corrected chi connectivity index (χ2v) is 25.8. The van der Waals surface area contributed by atoms with Crippen LogP contribution in [0.2, 0.25) is 17.3 Å². The molecule has 0 N–H and O–H groups in total. The molecule has 0 amide bonds. The Morgan fingerprint density at radius 1 is 0.755 bits per heavy atom. The second kappa shape index (κ2) is 15.5. The first-order chi connectivity index (χ1) is 26.0. The van der Waals surface area contributed by atoms with Crippen molar-refractivity contribution in [3.8, 4) is 22.5 Å². The molecule has 0 fully saturated rings. The van der Waals surface area contributed by atoms with Crippen LogP contribution < -0.4 is 4.40 Å². The number of halogens is 1. The van der Waals surface area contributed by atoms with Crippen LogP contribution in [0.4, 0.5) is 4.39 Å². The zero-order chi connectivity index (χ0) is 37.6. The summed E-state index contributed by atoms with van der Waals surface area (Å²) in [5.74, 6) is 6.47. The average molecular weight is 948 g/mol. The Morgan fingerprint density at radius 3 is 2.19 bits per heavy atom. The summed E-state index contributed by atoms with van der Waals surface area (Å²) < 4.78 is 36.4. The molecule has 6 aromatic carbocycles. The fourth-order valence-corrected chi connectivity index (χ4v) is 9.85. The van der Waals surface area contributed by atoms with Gasteiger partial charge >= 0.3 is 99.8 Å². The summed E-state index contributed by atoms with van der Waals surface area (Å²) in [6, 6.07) is 48.6. The van der Waals surface area contributed by atoms with Gasteiger partial charge in [0.15, 0.2) is 0 Å². The predicted octanol–water partition coefficient (Wildman–Crippen LogP) is 12.4. The molecule has 2 nitrogen and oxygen atoms in total. The first-order valence-electron chi connectivity index (χ1n) is 18.3. The van der Waals surface area contributed by atoms with Crippen LogP contribution in [0.3, 0.4) is 0 Å². The monoisotopic (exact) mass is 949 g/mol. The summed E-state index contributed by atoms with van der Waals surface area (Å²) in [6.45, 7) is 1.94. The third kappa shape index (κ3) is 7.76. The summed E-state index contributed by atoms with van der Waals surface area (Å²) in [5.41, 5.74) is 4.72. The van der Waals surface area contributed by atoms with Crippen molar-refractivity contribution in [1.82, 2.24) is 9.97 Å². The topological polar surface area (TPSA) is 25.8 Å². The van der Waals surface area contributed by atoms with E-state index >= 15 is 4.39 Å². The molecule has 0 aliphatic heterocycles. The van der Waals surface area contributed by atoms with Crippen LogP contribution in [0.5, 0.6) is 0 Å². The number of hydrogen-bond acceptors (Lipinski definition) is 3. The molecule has 0 atom stereocenters. The molecule has 6 heteroatoms. The summed E-state index contributed by atoms with van der Waals surface area (Å²) in [6.07, 6.45) is 1.15. The number of thiophene rings is 1. The molecule has 0 aliphatic rings. The van der Waals surface area contributed by atoms with Crippen molar-refractivity contribution < 1.29 is 27.2 Å². The quantitative estimate of drug-likeness (QED) is 0.127. The minimum atomic E-state index is -2.02. The number of benzene rings is 6. The van der Waals surface area contributed by atoms with Crippen LogP contribution in [0.1, 0.15) is 19.4 Å². The molecule has 9 rings (SSSR count). The summed E-state index contributed by atoms with van der Waals surface area (Å²) in [4.78, 5) is 8.98. The molecule has 0 spiro atoms. The van der Waals surface area contributed by atoms with Gasteiger partial charge < -0.3 is 0 Å². The Morgan fingerprint density at radius 2 is 1.47 bits per heavy atom. The molecular formula is C47H37FGeIrN2S-2. The van der Waals surface area contributed by atoms with Gasteiger partial charge in [0.05, 0.1) is 6.20 Å². The fraction of sp³-hybridized carbons (Fsp3) is 0.106. The van der Waals surface area contributed by atoms with Crippen molar-refractivity contribution in [3.63, 3.8) is 0 Å². The molecule has 0 aliphatic carbocycles. The van der Waals surface area contributed by atoms with E-state index in [4.69, 9.17) is 2.74 Å². The maximum atomic E-state index is 15.1. The Bertz CT molecular complexity index is 2800. The van der Waals surface area contributed by atoms with Gasteiger partial charge in [-0.2, -0.15) is 11.3 Å². The van der Waals surface area contributed by atoms with E-state index in [1.807, 2.05) is 79.9 Å². The normalized spacial score (nSPS) is 12.2. The number of aryl methyl sites for hydroxylation is 1. The summed E-state index contributed by atoms with van der Waals surface area (Å²) >= 11 is -0.0463. The Balaban J connectivity index is 0.000000231. The number of pyridine rings is 2. The number of fused-ring (bicyclic) bond motifs is 6. The first kappa shape index (κ1) is 34.3. The standard InChI is InChI=1S/C33H21FNS.C14H16GeN.Ir/c1-20-10-12-21(13-11-20)14-25-17-30(35-19-29(25)34)27-16-24-8-4-5-9-26(24)32-28-15-22-6-2-3-7-23(22)18-31(28)36-33(27)32;1-15(2,3)13-9-10-14(16-11-13)12-7-5-4-6-8-12;/h2-13,15,17-19H,14H2,1H3;4-7,9-11H,1-3H3;/q2*-1;/i14D2;;. The molecular weight excluding hydrogens is 908 g/mol. The van der Waals surface area contributed by atoms with Gasteiger partial charge in [-0.15, -0.1) is 17.5 Å². The third-order valence-corrected chi connectivity index (χ3v) is 14.7. The van der Waals surface area contributed by atoms with Crippen LogP contribution >= 0.6 is 11.3 Å². The second-order valence-electron chi connectivity index (χ2n) is 14.0. The molecule has 263 valence electrons. The van der Waals surface area contributed by atoms with E-state index in [9.17, 15) is 0 Å². The molecule has 3 aromatic heterocycles. The van der Waals surface area contributed by atoms with Crippen molar-refractivity contribution in [2.24, 2.45) is 0 Å². The van der Waals surface area contributed by atoms with Gasteiger partial charge in [-0.1, -0.05) is 94.7 Å². The maximum Gasteiger partial charge on any atom is 0 e. The van der Waals surface area contributed by atoms with Gasteiger partial charge in [0.1, 0.15) is 5.82 Å². The largest absolute Gasteiger partial charge is 0 e. The maximum absolute atomic E-state index is 15.1. The van der Waals surface area contributed by atoms with E-state index in [1.54, 1.807) is 29.5 Å². The van der Waals surface area contributed by atoms with Crippen LogP contribution in [0.15, 0.2) is 140 Å². The molecule has 9 aromatic rings. The van der Waals surface area contributed by atoms with E-state index in [2.05, 4.69) is 81.8 Å². The molecule has 0 bridgehead atoms. The van der Waals surface area contributed by atoms with Crippen molar-refractivity contribution in [2.75, 3.05) is 0 Å². The average Bonchev–Trinajstić information content (AvgIpc) is 3.56. The van der Waals surface area contributed by atoms with Crippen molar-refractivity contribution in [1.29, 1.82) is 0 Å². The van der Waals surface area contributed by atoms with Crippen LogP contribution in [0, 0.1) is 24.9 Å². The van der Waals surface area contributed by atoms with Gasteiger partial charge in [0, 0.05) is 33.2 Å². The minimum Gasteiger partial charge on any atom is 0 e. The van der Waals surface area contributed by atoms with E-state index in [1.165, 1.54) is 15.2 Å². The molecule has 0 saturated heterocycles. The van der Waals surface area contributed by atoms with Crippen molar-refractivity contribution in [2.45, 2.75) is 30.6 Å². The van der Waals surface area contributed by atoms with Crippen molar-refractivity contribution >= 4 is 70.7 Å². The summed E-state index contributed by atoms with van der Waals surface area (Å²) in [7, 11) is 0. The smallest absolute Gasteiger partial charge is 0 e. The van der Waals surface area contributed by atoms with Gasteiger partial charge in [0.2, 0.25) is 0 Å². The van der Waals surface area contributed by atoms with Gasteiger partial charge in [-0.25, -0.2) is 4.39 Å². The zero-order valence-electron chi connectivity index (χ0n) is 31.8. The van der Waals surface area contributed by atoms with Gasteiger partial charge in [-0.05, 0) is 57.4 Å². The predicted molar refractivity (Wildman–Crippen MR) is 222 cm³/mol. The van der Waals surface area contributed by atoms with Gasteiger partial charge in [0.25, 0.3) is 0 Å². The van der Waals surface area contributed by atoms with Crippen LogP contribution in [-0.2, 0) is 26.5 Å². The van der Waals surface area contributed by atoms with Crippen molar-refractivity contribution in [3.05, 3.63) is 174 Å². The molecule has 53 heavy (non-hydrogen) atoms. The molecule has 3 heterocycles.